The van der Waals surface area contributed by atoms with Gasteiger partial charge in [-0.3, -0.25) is 9.59 Å². The van der Waals surface area contributed by atoms with E-state index < -0.39 is 0 Å². The van der Waals surface area contributed by atoms with E-state index in [0.717, 1.165) is 22.3 Å². The lowest BCUT2D eigenvalue weighted by molar-refractivity contribution is 0.0963. The molecule has 4 rings (SSSR count). The average molecular weight is 262 g/mol. The maximum Gasteiger partial charge on any atom is 0.163 e. The predicted molar refractivity (Wildman–Crippen MR) is 76.3 cm³/mol. The van der Waals surface area contributed by atoms with Crippen LogP contribution in [0.15, 0.2) is 48.5 Å². The summed E-state index contributed by atoms with van der Waals surface area (Å²) < 4.78 is 0. The van der Waals surface area contributed by atoms with E-state index in [0.29, 0.717) is 12.8 Å². The van der Waals surface area contributed by atoms with Gasteiger partial charge in [0.05, 0.1) is 0 Å². The molecule has 0 fully saturated rings. The molecule has 0 saturated carbocycles. The van der Waals surface area contributed by atoms with Crippen LogP contribution in [-0.2, 0) is 0 Å². The highest BCUT2D eigenvalue weighted by molar-refractivity contribution is 6.04. The van der Waals surface area contributed by atoms with Crippen LogP contribution in [0.2, 0.25) is 0 Å². The summed E-state index contributed by atoms with van der Waals surface area (Å²) in [5.74, 6) is 0.738. The third-order valence-corrected chi connectivity index (χ3v) is 4.62. The molecule has 2 nitrogen and oxygen atoms in total. The Balaban J connectivity index is 1.82. The second-order valence-electron chi connectivity index (χ2n) is 5.64. The monoisotopic (exact) mass is 262 g/mol. The van der Waals surface area contributed by atoms with Crippen molar-refractivity contribution in [1.82, 2.24) is 0 Å². The molecular formula is C18H14O2. The number of carbonyl (C=O) groups is 2. The first-order chi connectivity index (χ1) is 9.75. The van der Waals surface area contributed by atoms with Gasteiger partial charge < -0.3 is 0 Å². The number of hydrogen-bond donors (Lipinski definition) is 0. The third kappa shape index (κ3) is 1.51. The molecule has 0 aromatic heterocycles. The van der Waals surface area contributed by atoms with Gasteiger partial charge in [0.15, 0.2) is 11.6 Å². The summed E-state index contributed by atoms with van der Waals surface area (Å²) in [4.78, 5) is 24.3. The van der Waals surface area contributed by atoms with Crippen LogP contribution in [0.5, 0.6) is 0 Å². The SMILES string of the molecule is O=C1CC(C2CC(=O)c3ccccc32)c2ccccc21. The van der Waals surface area contributed by atoms with Crippen LogP contribution >= 0.6 is 0 Å². The lowest BCUT2D eigenvalue weighted by Crippen LogP contribution is -2.06. The lowest BCUT2D eigenvalue weighted by atomic mass is 9.83. The van der Waals surface area contributed by atoms with Gasteiger partial charge in [-0.25, -0.2) is 0 Å². The number of rotatable bonds is 1. The smallest absolute Gasteiger partial charge is 0.163 e. The summed E-state index contributed by atoms with van der Waals surface area (Å²) in [6.07, 6.45) is 1.07. The number of ketones is 2. The Morgan fingerprint density at radius 3 is 1.50 bits per heavy atom. The Hall–Kier alpha value is -2.22. The highest BCUT2D eigenvalue weighted by Crippen LogP contribution is 2.48. The van der Waals surface area contributed by atoms with Crippen molar-refractivity contribution in [3.8, 4) is 0 Å². The standard InChI is InChI=1S/C18H14O2/c19-17-9-15(11-5-1-3-7-13(11)17)16-10-18(20)14-8-4-2-6-12(14)16/h1-8,15-16H,9-10H2. The lowest BCUT2D eigenvalue weighted by Gasteiger charge is -2.19. The first-order valence-electron chi connectivity index (χ1n) is 7.00. The zero-order valence-electron chi connectivity index (χ0n) is 11.0. The van der Waals surface area contributed by atoms with Crippen LogP contribution in [-0.4, -0.2) is 11.6 Å². The first kappa shape index (κ1) is 11.6. The Bertz CT molecular complexity index is 666. The zero-order valence-corrected chi connectivity index (χ0v) is 11.0. The van der Waals surface area contributed by atoms with Crippen molar-refractivity contribution in [2.75, 3.05) is 0 Å². The van der Waals surface area contributed by atoms with Crippen LogP contribution in [0.1, 0.15) is 56.5 Å². The van der Waals surface area contributed by atoms with Crippen molar-refractivity contribution in [3.63, 3.8) is 0 Å². The highest BCUT2D eigenvalue weighted by atomic mass is 16.1. The first-order valence-corrected chi connectivity index (χ1v) is 7.00. The molecule has 98 valence electrons. The molecule has 0 heterocycles. The fourth-order valence-electron chi connectivity index (χ4n) is 3.71. The van der Waals surface area contributed by atoms with E-state index in [1.54, 1.807) is 0 Å². The summed E-state index contributed by atoms with van der Waals surface area (Å²) in [6, 6.07) is 15.7. The molecule has 20 heavy (non-hydrogen) atoms. The van der Waals surface area contributed by atoms with E-state index >= 15 is 0 Å². The van der Waals surface area contributed by atoms with Crippen molar-refractivity contribution in [2.45, 2.75) is 24.7 Å². The number of Topliss-reactive ketones (excluding diaryl/α,β-unsaturated/α-hetero) is 2. The molecule has 2 heteroatoms. The van der Waals surface area contributed by atoms with Crippen molar-refractivity contribution in [3.05, 3.63) is 70.8 Å². The molecular weight excluding hydrogens is 248 g/mol. The maximum atomic E-state index is 12.1. The molecule has 2 aromatic carbocycles. The summed E-state index contributed by atoms with van der Waals surface area (Å²) in [7, 11) is 0. The van der Waals surface area contributed by atoms with E-state index in [1.807, 2.05) is 48.5 Å². The minimum atomic E-state index is 0.159. The average Bonchev–Trinajstić information content (AvgIpc) is 2.99. The van der Waals surface area contributed by atoms with E-state index in [1.165, 1.54) is 0 Å². The van der Waals surface area contributed by atoms with Crippen molar-refractivity contribution < 1.29 is 9.59 Å². The molecule has 0 amide bonds. The van der Waals surface area contributed by atoms with Crippen LogP contribution < -0.4 is 0 Å². The van der Waals surface area contributed by atoms with Gasteiger partial charge in [-0.05, 0) is 23.0 Å². The molecule has 0 aliphatic heterocycles. The van der Waals surface area contributed by atoms with Crippen molar-refractivity contribution >= 4 is 11.6 Å². The molecule has 2 unspecified atom stereocenters. The predicted octanol–water partition coefficient (Wildman–Crippen LogP) is 3.73. The molecule has 0 radical (unpaired) electrons. The molecule has 2 aliphatic rings. The molecule has 2 aromatic rings. The second-order valence-corrected chi connectivity index (χ2v) is 5.64. The maximum absolute atomic E-state index is 12.1. The second kappa shape index (κ2) is 4.14. The van der Waals surface area contributed by atoms with Crippen LogP contribution in [0, 0.1) is 0 Å². The van der Waals surface area contributed by atoms with Crippen LogP contribution in [0.3, 0.4) is 0 Å². The molecule has 2 aliphatic carbocycles. The fraction of sp³-hybridized carbons (Fsp3) is 0.222. The van der Waals surface area contributed by atoms with Gasteiger partial charge in [0, 0.05) is 24.0 Å². The normalized spacial score (nSPS) is 23.8. The van der Waals surface area contributed by atoms with E-state index in [-0.39, 0.29) is 23.4 Å². The van der Waals surface area contributed by atoms with Gasteiger partial charge in [0.2, 0.25) is 0 Å². The fourth-order valence-corrected chi connectivity index (χ4v) is 3.71. The quantitative estimate of drug-likeness (QED) is 0.784. The third-order valence-electron chi connectivity index (χ3n) is 4.62. The van der Waals surface area contributed by atoms with Gasteiger partial charge in [-0.2, -0.15) is 0 Å². The topological polar surface area (TPSA) is 34.1 Å². The highest BCUT2D eigenvalue weighted by Gasteiger charge is 2.40. The summed E-state index contributed by atoms with van der Waals surface area (Å²) in [5.41, 5.74) is 3.92. The summed E-state index contributed by atoms with van der Waals surface area (Å²) >= 11 is 0. The number of fused-ring (bicyclic) bond motifs is 2. The Morgan fingerprint density at radius 2 is 1.05 bits per heavy atom. The molecule has 0 N–H and O–H groups in total. The number of benzene rings is 2. The van der Waals surface area contributed by atoms with Crippen LogP contribution in [0.25, 0.3) is 0 Å². The van der Waals surface area contributed by atoms with Gasteiger partial charge in [-0.15, -0.1) is 0 Å². The van der Waals surface area contributed by atoms with Crippen molar-refractivity contribution in [2.24, 2.45) is 0 Å². The number of carbonyl (C=O) groups excluding carboxylic acids is 2. The van der Waals surface area contributed by atoms with Gasteiger partial charge >= 0.3 is 0 Å². The van der Waals surface area contributed by atoms with Crippen molar-refractivity contribution in [1.29, 1.82) is 0 Å². The largest absolute Gasteiger partial charge is 0.294 e. The molecule has 0 spiro atoms. The van der Waals surface area contributed by atoms with Gasteiger partial charge in [0.1, 0.15) is 0 Å². The van der Waals surface area contributed by atoms with E-state index in [2.05, 4.69) is 0 Å². The van der Waals surface area contributed by atoms with E-state index in [4.69, 9.17) is 0 Å². The molecule has 0 bridgehead atoms. The number of hydrogen-bond acceptors (Lipinski definition) is 2. The molecule has 2 atom stereocenters. The minimum Gasteiger partial charge on any atom is -0.294 e. The van der Waals surface area contributed by atoms with Gasteiger partial charge in [-0.1, -0.05) is 48.5 Å². The molecule has 0 saturated heterocycles. The minimum absolute atomic E-state index is 0.159. The van der Waals surface area contributed by atoms with Gasteiger partial charge in [0.25, 0.3) is 0 Å². The summed E-state index contributed by atoms with van der Waals surface area (Å²) in [5, 5.41) is 0. The Morgan fingerprint density at radius 1 is 0.650 bits per heavy atom. The summed E-state index contributed by atoms with van der Waals surface area (Å²) in [6.45, 7) is 0. The Labute approximate surface area is 117 Å². The zero-order chi connectivity index (χ0) is 13.7. The van der Waals surface area contributed by atoms with Crippen LogP contribution in [0.4, 0.5) is 0 Å². The van der Waals surface area contributed by atoms with E-state index in [9.17, 15) is 9.59 Å². The Kier molecular flexibility index (Phi) is 2.40.